The van der Waals surface area contributed by atoms with Crippen molar-refractivity contribution >= 4 is 47.2 Å². The van der Waals surface area contributed by atoms with E-state index < -0.39 is 0 Å². The lowest BCUT2D eigenvalue weighted by atomic mass is 10.2. The predicted octanol–water partition coefficient (Wildman–Crippen LogP) is 3.17. The van der Waals surface area contributed by atoms with Gasteiger partial charge in [-0.15, -0.1) is 24.0 Å². The minimum Gasteiger partial charge on any atom is -0.495 e. The highest BCUT2D eigenvalue weighted by molar-refractivity contribution is 14.0. The number of para-hydroxylation sites is 2. The summed E-state index contributed by atoms with van der Waals surface area (Å²) in [6.07, 6.45) is 0. The van der Waals surface area contributed by atoms with Crippen LogP contribution < -0.4 is 20.3 Å². The molecule has 2 N–H and O–H groups in total. The van der Waals surface area contributed by atoms with Crippen LogP contribution in [0.5, 0.6) is 5.75 Å². The summed E-state index contributed by atoms with van der Waals surface area (Å²) in [7, 11) is 3.52. The number of hydrogen-bond donors (Lipinski definition) is 2. The topological polar surface area (TPSA) is 69.2 Å². The lowest BCUT2D eigenvalue weighted by molar-refractivity contribution is -0.114. The molecule has 0 aromatic heterocycles. The first-order valence-electron chi connectivity index (χ1n) is 9.81. The lowest BCUT2D eigenvalue weighted by Gasteiger charge is -2.38. The summed E-state index contributed by atoms with van der Waals surface area (Å²) in [5.41, 5.74) is 3.02. The fraction of sp³-hybridized carbons (Fsp3) is 0.364. The van der Waals surface area contributed by atoms with Crippen molar-refractivity contribution in [1.29, 1.82) is 0 Å². The van der Waals surface area contributed by atoms with Crippen LogP contribution in [0.15, 0.2) is 53.5 Å². The summed E-state index contributed by atoms with van der Waals surface area (Å²) < 4.78 is 5.50. The van der Waals surface area contributed by atoms with Crippen molar-refractivity contribution < 1.29 is 9.53 Å². The molecule has 1 saturated heterocycles. The van der Waals surface area contributed by atoms with Crippen molar-refractivity contribution in [3.05, 3.63) is 54.1 Å². The predicted molar refractivity (Wildman–Crippen MR) is 133 cm³/mol. The number of amides is 1. The van der Waals surface area contributed by atoms with Crippen molar-refractivity contribution in [2.45, 2.75) is 13.5 Å². The highest BCUT2D eigenvalue weighted by atomic mass is 127. The lowest BCUT2D eigenvalue weighted by Crippen LogP contribution is -2.52. The molecule has 1 aliphatic heterocycles. The molecular weight excluding hydrogens is 493 g/mol. The molecule has 3 rings (SSSR count). The first-order chi connectivity index (χ1) is 14.1. The third-order valence-corrected chi connectivity index (χ3v) is 4.91. The smallest absolute Gasteiger partial charge is 0.221 e. The Morgan fingerprint density at radius 1 is 1.10 bits per heavy atom. The molecule has 1 fully saturated rings. The van der Waals surface area contributed by atoms with E-state index >= 15 is 0 Å². The zero-order valence-electron chi connectivity index (χ0n) is 17.7. The fourth-order valence-electron chi connectivity index (χ4n) is 3.53. The third kappa shape index (κ3) is 6.25. The van der Waals surface area contributed by atoms with Gasteiger partial charge in [0.05, 0.1) is 12.8 Å². The Kier molecular flexibility index (Phi) is 9.22. The van der Waals surface area contributed by atoms with Gasteiger partial charge in [-0.3, -0.25) is 9.79 Å². The summed E-state index contributed by atoms with van der Waals surface area (Å²) in [6.45, 7) is 5.72. The van der Waals surface area contributed by atoms with Crippen molar-refractivity contribution in [2.24, 2.45) is 4.99 Å². The van der Waals surface area contributed by atoms with E-state index in [2.05, 4.69) is 31.5 Å². The first-order valence-corrected chi connectivity index (χ1v) is 9.81. The number of hydrogen-bond acceptors (Lipinski definition) is 4. The van der Waals surface area contributed by atoms with Crippen LogP contribution in [0.1, 0.15) is 12.5 Å². The molecule has 7 nitrogen and oxygen atoms in total. The van der Waals surface area contributed by atoms with Crippen molar-refractivity contribution in [2.75, 3.05) is 50.6 Å². The highest BCUT2D eigenvalue weighted by Gasteiger charge is 2.21. The number of methoxy groups -OCH3 is 1. The van der Waals surface area contributed by atoms with E-state index in [1.165, 1.54) is 6.92 Å². The number of aliphatic imine (C=N–C) groups is 1. The molecule has 0 unspecified atom stereocenters. The van der Waals surface area contributed by atoms with Crippen molar-refractivity contribution in [1.82, 2.24) is 10.2 Å². The summed E-state index contributed by atoms with van der Waals surface area (Å²) in [6, 6.07) is 16.0. The second kappa shape index (κ2) is 11.6. The van der Waals surface area contributed by atoms with Gasteiger partial charge >= 0.3 is 0 Å². The van der Waals surface area contributed by atoms with Crippen LogP contribution in [0.2, 0.25) is 0 Å². The molecule has 0 bridgehead atoms. The number of carbonyl (C=O) groups excluding carboxylic acids is 1. The van der Waals surface area contributed by atoms with Crippen LogP contribution in [-0.2, 0) is 11.3 Å². The average Bonchev–Trinajstić information content (AvgIpc) is 2.74. The molecule has 0 atom stereocenters. The SMILES string of the molecule is CN=C(NCc1cccc(NC(C)=O)c1)N1CCN(c2ccccc2OC)CC1.I. The Balaban J connectivity index is 0.00000320. The van der Waals surface area contributed by atoms with Gasteiger partial charge in [0.1, 0.15) is 5.75 Å². The zero-order chi connectivity index (χ0) is 20.6. The van der Waals surface area contributed by atoms with Crippen LogP contribution in [-0.4, -0.2) is 57.1 Å². The number of nitrogens with one attached hydrogen (secondary N) is 2. The van der Waals surface area contributed by atoms with Crippen LogP contribution in [0.25, 0.3) is 0 Å². The van der Waals surface area contributed by atoms with Gasteiger partial charge in [0.2, 0.25) is 5.91 Å². The van der Waals surface area contributed by atoms with Crippen LogP contribution in [0, 0.1) is 0 Å². The van der Waals surface area contributed by atoms with E-state index in [1.807, 2.05) is 49.5 Å². The molecule has 0 radical (unpaired) electrons. The molecule has 8 heteroatoms. The number of benzene rings is 2. The van der Waals surface area contributed by atoms with Gasteiger partial charge in [-0.25, -0.2) is 0 Å². The quantitative estimate of drug-likeness (QED) is 0.358. The van der Waals surface area contributed by atoms with E-state index in [1.54, 1.807) is 7.11 Å². The average molecular weight is 523 g/mol. The van der Waals surface area contributed by atoms with E-state index in [4.69, 9.17) is 4.74 Å². The molecule has 0 aliphatic carbocycles. The van der Waals surface area contributed by atoms with Crippen LogP contribution >= 0.6 is 24.0 Å². The molecular formula is C22H30IN5O2. The minimum absolute atomic E-state index is 0. The first kappa shape index (κ1) is 23.8. The number of nitrogens with zero attached hydrogens (tertiary/aromatic N) is 3. The summed E-state index contributed by atoms with van der Waals surface area (Å²) in [5.74, 6) is 1.72. The second-order valence-corrected chi connectivity index (χ2v) is 6.93. The fourth-order valence-corrected chi connectivity index (χ4v) is 3.53. The third-order valence-electron chi connectivity index (χ3n) is 4.91. The number of carbonyl (C=O) groups is 1. The maximum Gasteiger partial charge on any atom is 0.221 e. The Morgan fingerprint density at radius 3 is 2.50 bits per heavy atom. The van der Waals surface area contributed by atoms with Gasteiger partial charge < -0.3 is 25.2 Å². The van der Waals surface area contributed by atoms with Gasteiger partial charge in [0, 0.05) is 52.4 Å². The molecule has 0 saturated carbocycles. The Morgan fingerprint density at radius 2 is 1.83 bits per heavy atom. The molecule has 162 valence electrons. The zero-order valence-corrected chi connectivity index (χ0v) is 20.1. The minimum atomic E-state index is -0.0705. The Hall–Kier alpha value is -2.49. The molecule has 2 aromatic rings. The highest BCUT2D eigenvalue weighted by Crippen LogP contribution is 2.28. The molecule has 1 heterocycles. The number of piperazine rings is 1. The molecule has 0 spiro atoms. The number of rotatable bonds is 5. The van der Waals surface area contributed by atoms with E-state index in [-0.39, 0.29) is 29.9 Å². The van der Waals surface area contributed by atoms with Crippen LogP contribution in [0.4, 0.5) is 11.4 Å². The monoisotopic (exact) mass is 523 g/mol. The second-order valence-electron chi connectivity index (χ2n) is 6.93. The number of ether oxygens (including phenoxy) is 1. The van der Waals surface area contributed by atoms with Crippen molar-refractivity contribution in [3.8, 4) is 5.75 Å². The van der Waals surface area contributed by atoms with Gasteiger partial charge in [-0.05, 0) is 29.8 Å². The van der Waals surface area contributed by atoms with Gasteiger partial charge in [-0.1, -0.05) is 24.3 Å². The van der Waals surface area contributed by atoms with Gasteiger partial charge in [0.25, 0.3) is 0 Å². The largest absolute Gasteiger partial charge is 0.495 e. The van der Waals surface area contributed by atoms with E-state index in [9.17, 15) is 4.79 Å². The standard InChI is InChI=1S/C22H29N5O2.HI/c1-17(28)25-19-8-6-7-18(15-19)16-24-22(23-2)27-13-11-26(12-14-27)20-9-4-5-10-21(20)29-3;/h4-10,15H,11-14,16H2,1-3H3,(H,23,24)(H,25,28);1H. The Bertz CT molecular complexity index is 866. The Labute approximate surface area is 195 Å². The number of anilines is 2. The summed E-state index contributed by atoms with van der Waals surface area (Å²) >= 11 is 0. The number of guanidine groups is 1. The maximum absolute atomic E-state index is 11.2. The van der Waals surface area contributed by atoms with Gasteiger partial charge in [0.15, 0.2) is 5.96 Å². The van der Waals surface area contributed by atoms with E-state index in [0.717, 1.165) is 54.8 Å². The normalized spacial score (nSPS) is 14.0. The number of halogens is 1. The summed E-state index contributed by atoms with van der Waals surface area (Å²) in [4.78, 5) is 20.3. The van der Waals surface area contributed by atoms with E-state index in [0.29, 0.717) is 6.54 Å². The maximum atomic E-state index is 11.2. The van der Waals surface area contributed by atoms with Crippen molar-refractivity contribution in [3.63, 3.8) is 0 Å². The van der Waals surface area contributed by atoms with Gasteiger partial charge in [-0.2, -0.15) is 0 Å². The molecule has 30 heavy (non-hydrogen) atoms. The molecule has 1 aliphatic rings. The molecule has 2 aromatic carbocycles. The summed E-state index contributed by atoms with van der Waals surface area (Å²) in [5, 5.41) is 6.25. The van der Waals surface area contributed by atoms with Crippen LogP contribution in [0.3, 0.4) is 0 Å². The molecule has 1 amide bonds.